The van der Waals surface area contributed by atoms with E-state index in [1.54, 1.807) is 6.07 Å². The highest BCUT2D eigenvalue weighted by molar-refractivity contribution is 5.93. The zero-order valence-corrected chi connectivity index (χ0v) is 16.3. The van der Waals surface area contributed by atoms with E-state index in [4.69, 9.17) is 9.40 Å². The number of para-hydroxylation sites is 1. The zero-order valence-electron chi connectivity index (χ0n) is 16.3. The maximum Gasteiger partial charge on any atom is 0.135 e. The molecule has 2 heterocycles. The summed E-state index contributed by atoms with van der Waals surface area (Å²) in [7, 11) is 0. The molecule has 0 amide bonds. The van der Waals surface area contributed by atoms with Crippen LogP contribution in [0.2, 0.25) is 0 Å². The topological polar surface area (TPSA) is 58.3 Å². The summed E-state index contributed by atoms with van der Waals surface area (Å²) in [4.78, 5) is 4.75. The molecule has 0 aliphatic heterocycles. The molecule has 0 saturated carbocycles. The number of benzene rings is 2. The van der Waals surface area contributed by atoms with Crippen LogP contribution < -0.4 is 5.32 Å². The molecule has 1 aliphatic rings. The fourth-order valence-electron chi connectivity index (χ4n) is 4.51. The molecule has 2 aromatic heterocycles. The van der Waals surface area contributed by atoms with Gasteiger partial charge in [-0.25, -0.2) is 0 Å². The normalized spacial score (nSPS) is 13.8. The quantitative estimate of drug-likeness (QED) is 0.477. The van der Waals surface area contributed by atoms with E-state index in [1.807, 2.05) is 13.0 Å². The van der Waals surface area contributed by atoms with Gasteiger partial charge in [0.1, 0.15) is 17.1 Å². The molecule has 0 bridgehead atoms. The van der Waals surface area contributed by atoms with Crippen LogP contribution in [0.4, 0.5) is 5.69 Å². The number of aromatic nitrogens is 1. The van der Waals surface area contributed by atoms with Gasteiger partial charge in [-0.15, -0.1) is 0 Å². The van der Waals surface area contributed by atoms with Crippen molar-refractivity contribution in [2.45, 2.75) is 46.1 Å². The van der Waals surface area contributed by atoms with Crippen molar-refractivity contribution in [1.82, 2.24) is 4.98 Å². The van der Waals surface area contributed by atoms with Crippen molar-refractivity contribution in [2.75, 3.05) is 5.32 Å². The summed E-state index contributed by atoms with van der Waals surface area (Å²) >= 11 is 0. The van der Waals surface area contributed by atoms with E-state index < -0.39 is 0 Å². The number of anilines is 1. The molecule has 0 spiro atoms. The Balaban J connectivity index is 1.58. The lowest BCUT2D eigenvalue weighted by molar-refractivity contribution is 0.469. The summed E-state index contributed by atoms with van der Waals surface area (Å²) in [5.74, 6) is 1.40. The standard InChI is InChI=1S/C24H24N2O2/c1-14-12-15(2)26-24-16(14)7-5-8-19(24)25-13-18-20(27)10-11-22-23(18)17-6-3-4-9-21(17)28-22/h5,7-8,10-12,25,27H,3-4,6,9,13H2,1-2H3. The van der Waals surface area contributed by atoms with Crippen molar-refractivity contribution in [3.05, 3.63) is 64.5 Å². The number of fused-ring (bicyclic) bond motifs is 4. The Labute approximate surface area is 164 Å². The average molecular weight is 372 g/mol. The van der Waals surface area contributed by atoms with E-state index in [0.717, 1.165) is 57.4 Å². The number of aromatic hydroxyl groups is 1. The van der Waals surface area contributed by atoms with Crippen molar-refractivity contribution in [3.8, 4) is 5.75 Å². The first kappa shape index (κ1) is 17.1. The number of hydrogen-bond donors (Lipinski definition) is 2. The Morgan fingerprint density at radius 2 is 1.96 bits per heavy atom. The van der Waals surface area contributed by atoms with E-state index in [1.165, 1.54) is 24.0 Å². The van der Waals surface area contributed by atoms with Crippen LogP contribution in [0.1, 0.15) is 41.0 Å². The smallest absolute Gasteiger partial charge is 0.135 e. The highest BCUT2D eigenvalue weighted by Gasteiger charge is 2.21. The lowest BCUT2D eigenvalue weighted by atomic mass is 9.93. The van der Waals surface area contributed by atoms with Gasteiger partial charge in [-0.05, 0) is 62.9 Å². The highest BCUT2D eigenvalue weighted by Crippen LogP contribution is 2.38. The van der Waals surface area contributed by atoms with E-state index in [-0.39, 0.29) is 0 Å². The Morgan fingerprint density at radius 1 is 1.11 bits per heavy atom. The van der Waals surface area contributed by atoms with Gasteiger partial charge >= 0.3 is 0 Å². The number of nitrogens with zero attached hydrogens (tertiary/aromatic N) is 1. The van der Waals surface area contributed by atoms with Crippen LogP contribution in [-0.2, 0) is 19.4 Å². The molecule has 0 saturated heterocycles. The van der Waals surface area contributed by atoms with Crippen LogP contribution in [0.3, 0.4) is 0 Å². The Morgan fingerprint density at radius 3 is 2.86 bits per heavy atom. The molecule has 4 heteroatoms. The zero-order chi connectivity index (χ0) is 19.3. The van der Waals surface area contributed by atoms with Gasteiger partial charge in [0.05, 0.1) is 11.2 Å². The minimum atomic E-state index is 0.315. The van der Waals surface area contributed by atoms with Crippen LogP contribution >= 0.6 is 0 Å². The molecular weight excluding hydrogens is 348 g/mol. The lowest BCUT2D eigenvalue weighted by Crippen LogP contribution is -2.04. The summed E-state index contributed by atoms with van der Waals surface area (Å²) < 4.78 is 6.09. The summed E-state index contributed by atoms with van der Waals surface area (Å²) in [5, 5.41) is 16.4. The van der Waals surface area contributed by atoms with Gasteiger partial charge in [-0.2, -0.15) is 0 Å². The molecule has 28 heavy (non-hydrogen) atoms. The number of furan rings is 1. The molecule has 4 nitrogen and oxygen atoms in total. The molecule has 5 rings (SSSR count). The molecule has 0 fully saturated rings. The number of pyridine rings is 1. The number of hydrogen-bond acceptors (Lipinski definition) is 4. The number of aryl methyl sites for hydroxylation is 4. The van der Waals surface area contributed by atoms with Crippen molar-refractivity contribution in [2.24, 2.45) is 0 Å². The minimum Gasteiger partial charge on any atom is -0.508 e. The van der Waals surface area contributed by atoms with E-state index >= 15 is 0 Å². The summed E-state index contributed by atoms with van der Waals surface area (Å²) in [6.45, 7) is 4.67. The average Bonchev–Trinajstić information content (AvgIpc) is 3.06. The summed E-state index contributed by atoms with van der Waals surface area (Å²) in [6, 6.07) is 11.9. The predicted octanol–water partition coefficient (Wildman–Crippen LogP) is 5.79. The second-order valence-electron chi connectivity index (χ2n) is 7.78. The molecular formula is C24H24N2O2. The Kier molecular flexibility index (Phi) is 4.00. The molecule has 2 aromatic carbocycles. The van der Waals surface area contributed by atoms with Gasteiger partial charge in [-0.1, -0.05) is 12.1 Å². The highest BCUT2D eigenvalue weighted by atomic mass is 16.3. The van der Waals surface area contributed by atoms with Crippen LogP contribution in [0.5, 0.6) is 5.75 Å². The molecule has 0 atom stereocenters. The third-order valence-electron chi connectivity index (χ3n) is 5.83. The third-order valence-corrected chi connectivity index (χ3v) is 5.83. The maximum atomic E-state index is 10.6. The second-order valence-corrected chi connectivity index (χ2v) is 7.78. The Bertz CT molecular complexity index is 1210. The van der Waals surface area contributed by atoms with E-state index in [2.05, 4.69) is 36.5 Å². The predicted molar refractivity (Wildman–Crippen MR) is 113 cm³/mol. The number of rotatable bonds is 3. The number of nitrogens with one attached hydrogen (secondary N) is 1. The van der Waals surface area contributed by atoms with E-state index in [9.17, 15) is 5.11 Å². The molecule has 0 radical (unpaired) electrons. The molecule has 1 aliphatic carbocycles. The van der Waals surface area contributed by atoms with Crippen molar-refractivity contribution >= 4 is 27.6 Å². The number of phenolic OH excluding ortho intramolecular Hbond substituents is 1. The first-order valence-electron chi connectivity index (χ1n) is 9.98. The minimum absolute atomic E-state index is 0.315. The van der Waals surface area contributed by atoms with Crippen molar-refractivity contribution < 1.29 is 9.52 Å². The summed E-state index contributed by atoms with van der Waals surface area (Å²) in [5.41, 5.74) is 7.25. The van der Waals surface area contributed by atoms with Gasteiger partial charge < -0.3 is 14.8 Å². The number of phenols is 1. The Hall–Kier alpha value is -3.01. The van der Waals surface area contributed by atoms with Gasteiger partial charge in [0.25, 0.3) is 0 Å². The lowest BCUT2D eigenvalue weighted by Gasteiger charge is -2.14. The first-order valence-corrected chi connectivity index (χ1v) is 9.98. The molecule has 142 valence electrons. The maximum absolute atomic E-state index is 10.6. The molecule has 4 aromatic rings. The van der Waals surface area contributed by atoms with Crippen LogP contribution in [0, 0.1) is 13.8 Å². The third kappa shape index (κ3) is 2.71. The van der Waals surface area contributed by atoms with Crippen LogP contribution in [0.25, 0.3) is 21.9 Å². The fraction of sp³-hybridized carbons (Fsp3) is 0.292. The van der Waals surface area contributed by atoms with Crippen LogP contribution in [0.15, 0.2) is 40.8 Å². The summed E-state index contributed by atoms with van der Waals surface area (Å²) in [6.07, 6.45) is 4.36. The van der Waals surface area contributed by atoms with Gasteiger partial charge in [-0.3, -0.25) is 4.98 Å². The van der Waals surface area contributed by atoms with Crippen molar-refractivity contribution in [1.29, 1.82) is 0 Å². The van der Waals surface area contributed by atoms with Crippen LogP contribution in [-0.4, -0.2) is 10.1 Å². The molecule has 0 unspecified atom stereocenters. The monoisotopic (exact) mass is 372 g/mol. The van der Waals surface area contributed by atoms with Gasteiger partial charge in [0.15, 0.2) is 0 Å². The van der Waals surface area contributed by atoms with Crippen molar-refractivity contribution in [3.63, 3.8) is 0 Å². The largest absolute Gasteiger partial charge is 0.508 e. The molecule has 2 N–H and O–H groups in total. The second kappa shape index (κ2) is 6.55. The SMILES string of the molecule is Cc1cc(C)c2cccc(NCc3c(O)ccc4oc5c(c34)CCCC5)c2n1. The first-order chi connectivity index (χ1) is 13.6. The fourth-order valence-corrected chi connectivity index (χ4v) is 4.51. The van der Waals surface area contributed by atoms with E-state index in [0.29, 0.717) is 12.3 Å². The van der Waals surface area contributed by atoms with Gasteiger partial charge in [0, 0.05) is 40.6 Å². The van der Waals surface area contributed by atoms with Gasteiger partial charge in [0.2, 0.25) is 0 Å².